The predicted molar refractivity (Wildman–Crippen MR) is 125 cm³/mol. The minimum atomic E-state index is -0.244. The van der Waals surface area contributed by atoms with Crippen LogP contribution in [0.4, 0.5) is 11.4 Å². The van der Waals surface area contributed by atoms with Crippen molar-refractivity contribution in [2.45, 2.75) is 0 Å². The highest BCUT2D eigenvalue weighted by molar-refractivity contribution is 6.26. The summed E-state index contributed by atoms with van der Waals surface area (Å²) in [5, 5.41) is 1.43. The number of carbonyl (C=O) groups excluding carboxylic acids is 2. The molecule has 3 aromatic carbocycles. The van der Waals surface area contributed by atoms with Gasteiger partial charge in [0.25, 0.3) is 11.8 Å². The Morgan fingerprint density at radius 1 is 0.844 bits per heavy atom. The number of benzene rings is 3. The number of hydrogen-bond donors (Lipinski definition) is 1. The molecule has 0 aliphatic carbocycles. The molecule has 2 aliphatic heterocycles. The van der Waals surface area contributed by atoms with Gasteiger partial charge in [0.15, 0.2) is 0 Å². The van der Waals surface area contributed by atoms with Crippen LogP contribution in [-0.4, -0.2) is 68.0 Å². The summed E-state index contributed by atoms with van der Waals surface area (Å²) in [5.41, 5.74) is 8.84. The average Bonchev–Trinajstić information content (AvgIpc) is 2.83. The third-order valence-corrected chi connectivity index (χ3v) is 6.46. The second kappa shape index (κ2) is 8.16. The fourth-order valence-electron chi connectivity index (χ4n) is 4.72. The highest BCUT2D eigenvalue weighted by Gasteiger charge is 2.33. The van der Waals surface area contributed by atoms with Crippen molar-refractivity contribution < 1.29 is 14.3 Å². The normalized spacial score (nSPS) is 16.7. The first kappa shape index (κ1) is 20.3. The van der Waals surface area contributed by atoms with Crippen LogP contribution >= 0.6 is 0 Å². The first-order valence-electron chi connectivity index (χ1n) is 10.9. The van der Waals surface area contributed by atoms with Gasteiger partial charge in [0, 0.05) is 66.9 Å². The Morgan fingerprint density at radius 3 is 2.31 bits per heavy atom. The second-order valence-electron chi connectivity index (χ2n) is 8.19. The minimum Gasteiger partial charge on any atom is -0.495 e. The molecular weight excluding hydrogens is 404 g/mol. The number of para-hydroxylation sites is 2. The van der Waals surface area contributed by atoms with E-state index in [1.54, 1.807) is 25.3 Å². The molecule has 7 heteroatoms. The van der Waals surface area contributed by atoms with Gasteiger partial charge in [0.05, 0.1) is 12.8 Å². The molecule has 0 saturated carbocycles. The molecule has 0 spiro atoms. The summed E-state index contributed by atoms with van der Waals surface area (Å²) in [6, 6.07) is 17.0. The van der Waals surface area contributed by atoms with Gasteiger partial charge < -0.3 is 15.4 Å². The number of piperazine rings is 1. The lowest BCUT2D eigenvalue weighted by molar-refractivity contribution is 0.0591. The fourth-order valence-corrected chi connectivity index (χ4v) is 4.72. The van der Waals surface area contributed by atoms with Crippen molar-refractivity contribution in [3.63, 3.8) is 0 Å². The predicted octanol–water partition coefficient (Wildman–Crippen LogP) is 2.85. The molecule has 0 bridgehead atoms. The average molecular weight is 431 g/mol. The van der Waals surface area contributed by atoms with Crippen LogP contribution in [0.25, 0.3) is 10.8 Å². The van der Waals surface area contributed by atoms with Crippen molar-refractivity contribution in [2.75, 3.05) is 57.0 Å². The molecule has 2 N–H and O–H groups in total. The summed E-state index contributed by atoms with van der Waals surface area (Å²) in [4.78, 5) is 32.2. The number of rotatable bonds is 5. The van der Waals surface area contributed by atoms with E-state index in [2.05, 4.69) is 15.9 Å². The van der Waals surface area contributed by atoms with E-state index in [0.717, 1.165) is 43.0 Å². The summed E-state index contributed by atoms with van der Waals surface area (Å²) in [7, 11) is 1.69. The summed E-state index contributed by atoms with van der Waals surface area (Å²) in [5.74, 6) is 0.386. The first-order valence-corrected chi connectivity index (χ1v) is 10.9. The van der Waals surface area contributed by atoms with Crippen molar-refractivity contribution in [2.24, 2.45) is 0 Å². The quantitative estimate of drug-likeness (QED) is 0.495. The van der Waals surface area contributed by atoms with E-state index in [0.29, 0.717) is 35.3 Å². The Morgan fingerprint density at radius 2 is 1.56 bits per heavy atom. The van der Waals surface area contributed by atoms with Gasteiger partial charge >= 0.3 is 0 Å². The number of carbonyl (C=O) groups is 2. The van der Waals surface area contributed by atoms with Crippen molar-refractivity contribution in [1.29, 1.82) is 0 Å². The Labute approximate surface area is 186 Å². The van der Waals surface area contributed by atoms with Gasteiger partial charge in [-0.05, 0) is 30.3 Å². The Bertz CT molecular complexity index is 1180. The van der Waals surface area contributed by atoms with Crippen LogP contribution in [0.15, 0.2) is 54.6 Å². The number of nitrogens with zero attached hydrogens (tertiary/aromatic N) is 3. The maximum atomic E-state index is 13.1. The molecule has 3 aromatic rings. The molecule has 0 radical (unpaired) electrons. The topological polar surface area (TPSA) is 79.1 Å². The van der Waals surface area contributed by atoms with Gasteiger partial charge in [-0.25, -0.2) is 0 Å². The molecule has 164 valence electrons. The fraction of sp³-hybridized carbons (Fsp3) is 0.280. The van der Waals surface area contributed by atoms with Gasteiger partial charge in [-0.3, -0.25) is 19.4 Å². The zero-order valence-electron chi connectivity index (χ0n) is 18.1. The maximum absolute atomic E-state index is 13.1. The molecule has 0 aromatic heterocycles. The SMILES string of the molecule is COc1ccccc1N1CCN(CCN2C(=O)c3cccc4c(N)ccc(c34)C2=O)CC1. The number of nitrogens with two attached hydrogens (primary N) is 1. The van der Waals surface area contributed by atoms with Gasteiger partial charge in [-0.15, -0.1) is 0 Å². The number of methoxy groups -OCH3 is 1. The molecule has 1 saturated heterocycles. The molecule has 0 atom stereocenters. The number of hydrogen-bond acceptors (Lipinski definition) is 6. The summed E-state index contributed by atoms with van der Waals surface area (Å²) in [6.07, 6.45) is 0. The van der Waals surface area contributed by atoms with Crippen LogP contribution in [0.3, 0.4) is 0 Å². The number of imide groups is 1. The van der Waals surface area contributed by atoms with E-state index in [-0.39, 0.29) is 11.8 Å². The van der Waals surface area contributed by atoms with Crippen LogP contribution in [0, 0.1) is 0 Å². The number of amides is 2. The van der Waals surface area contributed by atoms with Gasteiger partial charge in [0.2, 0.25) is 0 Å². The monoisotopic (exact) mass is 430 g/mol. The van der Waals surface area contributed by atoms with E-state index in [9.17, 15) is 9.59 Å². The largest absolute Gasteiger partial charge is 0.495 e. The highest BCUT2D eigenvalue weighted by atomic mass is 16.5. The standard InChI is InChI=1S/C25H26N4O3/c1-32-22-8-3-2-7-21(22)28-14-11-27(12-15-28)13-16-29-24(30)18-6-4-5-17-20(26)10-9-19(23(17)18)25(29)31/h2-10H,11-16,26H2,1H3. The van der Waals surface area contributed by atoms with Crippen molar-refractivity contribution >= 4 is 34.0 Å². The molecule has 2 amide bonds. The molecule has 1 fully saturated rings. The van der Waals surface area contributed by atoms with Gasteiger partial charge in [-0.2, -0.15) is 0 Å². The molecule has 2 aliphatic rings. The van der Waals surface area contributed by atoms with E-state index in [1.807, 2.05) is 30.3 Å². The molecule has 2 heterocycles. The number of ether oxygens (including phenoxy) is 1. The van der Waals surface area contributed by atoms with Crippen molar-refractivity contribution in [1.82, 2.24) is 9.80 Å². The minimum absolute atomic E-state index is 0.244. The molecule has 0 unspecified atom stereocenters. The molecule has 32 heavy (non-hydrogen) atoms. The number of anilines is 2. The Kier molecular flexibility index (Phi) is 5.19. The lowest BCUT2D eigenvalue weighted by Gasteiger charge is -2.37. The molecule has 7 nitrogen and oxygen atoms in total. The van der Waals surface area contributed by atoms with Crippen molar-refractivity contribution in [3.8, 4) is 5.75 Å². The molecule has 5 rings (SSSR count). The highest BCUT2D eigenvalue weighted by Crippen LogP contribution is 2.33. The van der Waals surface area contributed by atoms with Gasteiger partial charge in [0.1, 0.15) is 5.75 Å². The second-order valence-corrected chi connectivity index (χ2v) is 8.19. The molecular formula is C25H26N4O3. The maximum Gasteiger partial charge on any atom is 0.261 e. The zero-order valence-corrected chi connectivity index (χ0v) is 18.1. The zero-order chi connectivity index (χ0) is 22.2. The van der Waals surface area contributed by atoms with Crippen LogP contribution in [0.2, 0.25) is 0 Å². The smallest absolute Gasteiger partial charge is 0.261 e. The number of nitrogen functional groups attached to an aromatic ring is 1. The van der Waals surface area contributed by atoms with Crippen LogP contribution in [-0.2, 0) is 0 Å². The van der Waals surface area contributed by atoms with E-state index >= 15 is 0 Å². The van der Waals surface area contributed by atoms with Crippen LogP contribution in [0.1, 0.15) is 20.7 Å². The van der Waals surface area contributed by atoms with Crippen LogP contribution < -0.4 is 15.4 Å². The first-order chi connectivity index (χ1) is 15.6. The lowest BCUT2D eigenvalue weighted by Crippen LogP contribution is -2.50. The van der Waals surface area contributed by atoms with E-state index < -0.39 is 0 Å². The third-order valence-electron chi connectivity index (χ3n) is 6.46. The Hall–Kier alpha value is -3.58. The van der Waals surface area contributed by atoms with Crippen LogP contribution in [0.5, 0.6) is 5.75 Å². The summed E-state index contributed by atoms with van der Waals surface area (Å²) in [6.45, 7) is 4.46. The van der Waals surface area contributed by atoms with Gasteiger partial charge in [-0.1, -0.05) is 24.3 Å². The third kappa shape index (κ3) is 3.35. The summed E-state index contributed by atoms with van der Waals surface area (Å²) < 4.78 is 5.49. The van der Waals surface area contributed by atoms with Crippen molar-refractivity contribution in [3.05, 3.63) is 65.7 Å². The lowest BCUT2D eigenvalue weighted by atomic mass is 9.93. The summed E-state index contributed by atoms with van der Waals surface area (Å²) >= 11 is 0. The van der Waals surface area contributed by atoms with E-state index in [1.165, 1.54) is 4.90 Å². The Balaban J connectivity index is 1.27. The van der Waals surface area contributed by atoms with E-state index in [4.69, 9.17) is 10.5 Å².